The van der Waals surface area contributed by atoms with Crippen LogP contribution in [0.3, 0.4) is 0 Å². The predicted octanol–water partition coefficient (Wildman–Crippen LogP) is 10.4. The van der Waals surface area contributed by atoms with E-state index in [4.69, 9.17) is 21.1 Å². The minimum absolute atomic E-state index is 0.138. The summed E-state index contributed by atoms with van der Waals surface area (Å²) in [7, 11) is -3.53. The van der Waals surface area contributed by atoms with E-state index in [1.165, 1.54) is 77.0 Å². The van der Waals surface area contributed by atoms with Crippen molar-refractivity contribution in [2.24, 2.45) is 0 Å². The van der Waals surface area contributed by atoms with Crippen LogP contribution >= 0.6 is 11.6 Å². The van der Waals surface area contributed by atoms with Crippen molar-refractivity contribution in [2.75, 3.05) is 13.2 Å². The first kappa shape index (κ1) is 34.5. The van der Waals surface area contributed by atoms with E-state index in [1.54, 1.807) is 24.3 Å². The molecule has 2 rings (SSSR count). The lowest BCUT2D eigenvalue weighted by atomic mass is 10.1. The van der Waals surface area contributed by atoms with Crippen LogP contribution in [0.25, 0.3) is 0 Å². The fourth-order valence-electron chi connectivity index (χ4n) is 4.88. The zero-order chi connectivity index (χ0) is 28.9. The Morgan fingerprint density at radius 2 is 1.02 bits per heavy atom. The lowest BCUT2D eigenvalue weighted by Gasteiger charge is -2.17. The highest BCUT2D eigenvalue weighted by Crippen LogP contribution is 2.33. The first-order valence-electron chi connectivity index (χ1n) is 15.8. The number of benzene rings is 2. The molecule has 0 heterocycles. The van der Waals surface area contributed by atoms with Crippen LogP contribution in [0.1, 0.15) is 128 Å². The molecule has 0 amide bonds. The number of alkyl halides is 1. The van der Waals surface area contributed by atoms with Gasteiger partial charge in [0.15, 0.2) is 9.84 Å². The van der Waals surface area contributed by atoms with E-state index in [9.17, 15) is 8.42 Å². The largest absolute Gasteiger partial charge is 0.493 e. The zero-order valence-corrected chi connectivity index (χ0v) is 26.7. The number of hydrogen-bond donors (Lipinski definition) is 0. The van der Waals surface area contributed by atoms with Crippen LogP contribution in [-0.4, -0.2) is 21.6 Å². The zero-order valence-electron chi connectivity index (χ0n) is 25.1. The molecular formula is C34H53ClO4S. The summed E-state index contributed by atoms with van der Waals surface area (Å²) in [5.74, 6) is 1.40. The molecule has 0 saturated heterocycles. The van der Waals surface area contributed by atoms with E-state index >= 15 is 0 Å². The molecule has 226 valence electrons. The minimum atomic E-state index is -3.53. The van der Waals surface area contributed by atoms with E-state index in [1.807, 2.05) is 18.2 Å². The van der Waals surface area contributed by atoms with Gasteiger partial charge in [0.1, 0.15) is 11.5 Å². The summed E-state index contributed by atoms with van der Waals surface area (Å²) in [5, 5.41) is 0. The summed E-state index contributed by atoms with van der Waals surface area (Å²) in [6.45, 7) is 5.64. The van der Waals surface area contributed by atoms with Crippen LogP contribution in [-0.2, 0) is 21.5 Å². The highest BCUT2D eigenvalue weighted by molar-refractivity contribution is 7.90. The van der Waals surface area contributed by atoms with E-state index in [0.717, 1.165) is 31.2 Å². The molecule has 0 spiro atoms. The Bertz CT molecular complexity index is 1020. The quantitative estimate of drug-likeness (QED) is 0.0898. The molecule has 0 atom stereocenters. The normalized spacial score (nSPS) is 11.6. The summed E-state index contributed by atoms with van der Waals surface area (Å²) in [6, 6.07) is 12.3. The van der Waals surface area contributed by atoms with Crippen molar-refractivity contribution >= 4 is 21.4 Å². The average molecular weight is 593 g/mol. The Hall–Kier alpha value is -1.72. The molecule has 4 nitrogen and oxygen atoms in total. The van der Waals surface area contributed by atoms with Gasteiger partial charge in [0, 0.05) is 11.1 Å². The summed E-state index contributed by atoms with van der Waals surface area (Å²) in [4.78, 5) is 0.312. The molecule has 0 aliphatic rings. The van der Waals surface area contributed by atoms with E-state index in [-0.39, 0.29) is 11.6 Å². The topological polar surface area (TPSA) is 52.6 Å². The fraction of sp³-hybridized carbons (Fsp3) is 0.647. The standard InChI is InChI=1S/C34H53ClO4S/c1-3-5-7-9-11-13-15-20-24-38-33-27-31(29-40(36,37)32-22-18-17-19-23-32)34(26-30(33)28-35)39-25-21-16-14-12-10-8-6-4-2/h17-19,22-23,26-27H,3-16,20-21,24-25,28-29H2,1-2H3. The van der Waals surface area contributed by atoms with Crippen LogP contribution in [0.4, 0.5) is 0 Å². The smallest absolute Gasteiger partial charge is 0.182 e. The van der Waals surface area contributed by atoms with Crippen LogP contribution in [0.2, 0.25) is 0 Å². The van der Waals surface area contributed by atoms with Gasteiger partial charge in [-0.05, 0) is 37.1 Å². The molecule has 0 fully saturated rings. The Morgan fingerprint density at radius 3 is 1.50 bits per heavy atom. The summed E-state index contributed by atoms with van der Waals surface area (Å²) in [5.41, 5.74) is 1.47. The van der Waals surface area contributed by atoms with Gasteiger partial charge in [-0.25, -0.2) is 8.42 Å². The van der Waals surface area contributed by atoms with Crippen molar-refractivity contribution in [3.05, 3.63) is 53.6 Å². The average Bonchev–Trinajstić information content (AvgIpc) is 2.96. The minimum Gasteiger partial charge on any atom is -0.493 e. The lowest BCUT2D eigenvalue weighted by Crippen LogP contribution is -2.09. The number of rotatable bonds is 24. The summed E-state index contributed by atoms with van der Waals surface area (Å²) in [6.07, 6.45) is 19.6. The summed E-state index contributed by atoms with van der Waals surface area (Å²) < 4.78 is 38.8. The SMILES string of the molecule is CCCCCCCCCCOc1cc(CS(=O)(=O)c2ccccc2)c(OCCCCCCCCCC)cc1CCl. The molecule has 6 heteroatoms. The lowest BCUT2D eigenvalue weighted by molar-refractivity contribution is 0.292. The van der Waals surface area contributed by atoms with E-state index < -0.39 is 9.84 Å². The third-order valence-corrected chi connectivity index (χ3v) is 9.32. The molecule has 2 aromatic rings. The van der Waals surface area contributed by atoms with Crippen molar-refractivity contribution in [2.45, 2.75) is 133 Å². The Labute approximate surface area is 250 Å². The number of halogens is 1. The van der Waals surface area contributed by atoms with Crippen LogP contribution in [0.15, 0.2) is 47.4 Å². The van der Waals surface area contributed by atoms with Crippen LogP contribution < -0.4 is 9.47 Å². The number of ether oxygens (including phenoxy) is 2. The number of unbranched alkanes of at least 4 members (excludes halogenated alkanes) is 14. The molecule has 0 N–H and O–H groups in total. The predicted molar refractivity (Wildman–Crippen MR) is 170 cm³/mol. The van der Waals surface area contributed by atoms with Crippen molar-refractivity contribution in [3.63, 3.8) is 0 Å². The molecule has 0 bridgehead atoms. The maximum Gasteiger partial charge on any atom is 0.182 e. The van der Waals surface area contributed by atoms with Gasteiger partial charge in [-0.15, -0.1) is 11.6 Å². The van der Waals surface area contributed by atoms with Crippen molar-refractivity contribution in [3.8, 4) is 11.5 Å². The number of hydrogen-bond acceptors (Lipinski definition) is 4. The molecule has 2 aromatic carbocycles. The maximum absolute atomic E-state index is 13.2. The Kier molecular flexibility index (Phi) is 18.1. The second kappa shape index (κ2) is 21.1. The molecule has 0 aliphatic heterocycles. The molecular weight excluding hydrogens is 540 g/mol. The molecule has 40 heavy (non-hydrogen) atoms. The van der Waals surface area contributed by atoms with Gasteiger partial charge in [-0.3, -0.25) is 0 Å². The Morgan fingerprint density at radius 1 is 0.600 bits per heavy atom. The third kappa shape index (κ3) is 13.8. The Balaban J connectivity index is 2.01. The molecule has 0 radical (unpaired) electrons. The first-order valence-corrected chi connectivity index (χ1v) is 18.0. The van der Waals surface area contributed by atoms with Gasteiger partial charge in [-0.1, -0.05) is 122 Å². The highest BCUT2D eigenvalue weighted by atomic mass is 35.5. The van der Waals surface area contributed by atoms with E-state index in [2.05, 4.69) is 13.8 Å². The maximum atomic E-state index is 13.2. The molecule has 0 aliphatic carbocycles. The monoisotopic (exact) mass is 592 g/mol. The van der Waals surface area contributed by atoms with Crippen LogP contribution in [0.5, 0.6) is 11.5 Å². The van der Waals surface area contributed by atoms with Gasteiger partial charge in [0.25, 0.3) is 0 Å². The molecule has 0 aromatic heterocycles. The van der Waals surface area contributed by atoms with Crippen molar-refractivity contribution < 1.29 is 17.9 Å². The fourth-order valence-corrected chi connectivity index (χ4v) is 6.46. The van der Waals surface area contributed by atoms with Crippen molar-refractivity contribution in [1.29, 1.82) is 0 Å². The van der Waals surface area contributed by atoms with Gasteiger partial charge in [0.05, 0.1) is 29.7 Å². The van der Waals surface area contributed by atoms with Gasteiger partial charge in [0.2, 0.25) is 0 Å². The second-order valence-electron chi connectivity index (χ2n) is 10.9. The van der Waals surface area contributed by atoms with Gasteiger partial charge < -0.3 is 9.47 Å². The van der Waals surface area contributed by atoms with Crippen LogP contribution in [0, 0.1) is 0 Å². The second-order valence-corrected chi connectivity index (χ2v) is 13.2. The molecule has 0 saturated carbocycles. The van der Waals surface area contributed by atoms with Crippen molar-refractivity contribution in [1.82, 2.24) is 0 Å². The molecule has 0 unspecified atom stereocenters. The highest BCUT2D eigenvalue weighted by Gasteiger charge is 2.20. The third-order valence-electron chi connectivity index (χ3n) is 7.35. The summed E-state index contributed by atoms with van der Waals surface area (Å²) >= 11 is 6.31. The number of sulfone groups is 1. The first-order chi connectivity index (χ1) is 19.5. The van der Waals surface area contributed by atoms with E-state index in [0.29, 0.717) is 35.2 Å². The van der Waals surface area contributed by atoms with Gasteiger partial charge in [-0.2, -0.15) is 0 Å². The van der Waals surface area contributed by atoms with Gasteiger partial charge >= 0.3 is 0 Å².